The van der Waals surface area contributed by atoms with Crippen molar-refractivity contribution in [2.45, 2.75) is 0 Å². The summed E-state index contributed by atoms with van der Waals surface area (Å²) in [7, 11) is 0. The van der Waals surface area contributed by atoms with E-state index in [4.69, 9.17) is 23.1 Å². The fourth-order valence-electron chi connectivity index (χ4n) is 0.786. The van der Waals surface area contributed by atoms with Crippen LogP contribution >= 0.6 is 23.4 Å². The number of hydrogen-bond acceptors (Lipinski definition) is 4. The van der Waals surface area contributed by atoms with Crippen molar-refractivity contribution in [1.82, 2.24) is 0 Å². The van der Waals surface area contributed by atoms with E-state index in [0.29, 0.717) is 11.3 Å². The molecule has 0 aliphatic heterocycles. The number of rotatable bonds is 6. The number of nitrogens with two attached hydrogens (primary N) is 2. The summed E-state index contributed by atoms with van der Waals surface area (Å²) in [4.78, 5) is 8.64. The summed E-state index contributed by atoms with van der Waals surface area (Å²) in [6.45, 7) is 7.60. The molecule has 6 heteroatoms. The minimum absolute atomic E-state index is 0.192. The number of nitrogens with zero attached hydrogens (tertiary/aromatic N) is 2. The van der Waals surface area contributed by atoms with E-state index in [9.17, 15) is 0 Å². The van der Waals surface area contributed by atoms with Crippen LogP contribution in [0.4, 0.5) is 0 Å². The minimum Gasteiger partial charge on any atom is -0.403 e. The molecule has 0 bridgehead atoms. The van der Waals surface area contributed by atoms with Crippen LogP contribution in [0.1, 0.15) is 0 Å². The van der Waals surface area contributed by atoms with Gasteiger partial charge in [-0.05, 0) is 12.3 Å². The van der Waals surface area contributed by atoms with Gasteiger partial charge in [0.25, 0.3) is 0 Å². The zero-order valence-electron chi connectivity index (χ0n) is 9.56. The number of aliphatic imine (C=N–C) groups is 2. The Morgan fingerprint density at radius 2 is 2.00 bits per heavy atom. The Morgan fingerprint density at radius 1 is 1.35 bits per heavy atom. The normalized spacial score (nSPS) is 13.5. The molecule has 0 unspecified atom stereocenters. The molecule has 0 spiro atoms. The molecule has 17 heavy (non-hydrogen) atoms. The van der Waals surface area contributed by atoms with Crippen LogP contribution in [0.15, 0.2) is 57.8 Å². The van der Waals surface area contributed by atoms with Gasteiger partial charge in [0.05, 0.1) is 12.0 Å². The Hall–Kier alpha value is -1.46. The average molecular weight is 271 g/mol. The lowest BCUT2D eigenvalue weighted by Gasteiger charge is -2.04. The van der Waals surface area contributed by atoms with Gasteiger partial charge in [-0.1, -0.05) is 24.8 Å². The SMILES string of the molecule is C=C(/C=C(\N=C/N)C(=C)/C(Cl)=N\C=C/N)SC. The fraction of sp³-hybridized carbons (Fsp3) is 0.0909. The Morgan fingerprint density at radius 3 is 2.47 bits per heavy atom. The fourth-order valence-corrected chi connectivity index (χ4v) is 1.17. The molecule has 92 valence electrons. The molecule has 0 aliphatic carbocycles. The third-order valence-corrected chi connectivity index (χ3v) is 2.57. The van der Waals surface area contributed by atoms with E-state index in [1.807, 2.05) is 6.26 Å². The second-order valence-corrected chi connectivity index (χ2v) is 4.01. The van der Waals surface area contributed by atoms with Gasteiger partial charge >= 0.3 is 0 Å². The van der Waals surface area contributed by atoms with Crippen LogP contribution in [0.5, 0.6) is 0 Å². The van der Waals surface area contributed by atoms with Gasteiger partial charge in [-0.3, -0.25) is 0 Å². The van der Waals surface area contributed by atoms with Crippen molar-refractivity contribution in [1.29, 1.82) is 0 Å². The van der Waals surface area contributed by atoms with Gasteiger partial charge < -0.3 is 11.5 Å². The maximum Gasteiger partial charge on any atom is 0.137 e. The standard InChI is InChI=1S/C11H15ClN4S/c1-8(17-3)6-10(16-7-14)9(2)11(12)15-5-4-13/h4-7H,1-2,13H2,3H3,(H2,14,16)/b5-4-,10-6-,15-11+. The molecule has 0 atom stereocenters. The second-order valence-electron chi connectivity index (χ2n) is 2.72. The first-order valence-electron chi connectivity index (χ1n) is 4.55. The molecular weight excluding hydrogens is 256 g/mol. The summed E-state index contributed by atoms with van der Waals surface area (Å²) in [5, 5.41) is 0.192. The molecule has 4 N–H and O–H groups in total. The zero-order valence-corrected chi connectivity index (χ0v) is 11.1. The van der Waals surface area contributed by atoms with Crippen LogP contribution in [-0.4, -0.2) is 17.8 Å². The van der Waals surface area contributed by atoms with Gasteiger partial charge in [0.2, 0.25) is 0 Å². The van der Waals surface area contributed by atoms with E-state index in [-0.39, 0.29) is 5.17 Å². The first-order valence-corrected chi connectivity index (χ1v) is 6.15. The first-order chi connectivity index (χ1) is 8.06. The summed E-state index contributed by atoms with van der Waals surface area (Å²) in [5.74, 6) is 0. The average Bonchev–Trinajstić information content (AvgIpc) is 2.34. The van der Waals surface area contributed by atoms with Gasteiger partial charge in [0.15, 0.2) is 0 Å². The Labute approximate surface area is 111 Å². The van der Waals surface area contributed by atoms with Gasteiger partial charge in [-0.15, -0.1) is 11.8 Å². The predicted molar refractivity (Wildman–Crippen MR) is 79.2 cm³/mol. The van der Waals surface area contributed by atoms with Crippen molar-refractivity contribution in [2.24, 2.45) is 21.5 Å². The molecule has 0 heterocycles. The lowest BCUT2D eigenvalue weighted by Crippen LogP contribution is -1.98. The molecule has 4 nitrogen and oxygen atoms in total. The summed E-state index contributed by atoms with van der Waals surface area (Å²) in [5.41, 5.74) is 11.4. The van der Waals surface area contributed by atoms with Crippen molar-refractivity contribution in [2.75, 3.05) is 6.26 Å². The summed E-state index contributed by atoms with van der Waals surface area (Å²) < 4.78 is 0. The van der Waals surface area contributed by atoms with Crippen molar-refractivity contribution in [3.8, 4) is 0 Å². The van der Waals surface area contributed by atoms with E-state index in [0.717, 1.165) is 11.2 Å². The maximum absolute atomic E-state index is 5.92. The molecule has 0 aromatic carbocycles. The van der Waals surface area contributed by atoms with Gasteiger partial charge in [0, 0.05) is 22.9 Å². The van der Waals surface area contributed by atoms with Crippen LogP contribution in [0.2, 0.25) is 0 Å². The highest BCUT2D eigenvalue weighted by atomic mass is 35.5. The van der Waals surface area contributed by atoms with Crippen molar-refractivity contribution >= 4 is 34.9 Å². The monoisotopic (exact) mass is 270 g/mol. The van der Waals surface area contributed by atoms with E-state index in [1.165, 1.54) is 24.2 Å². The van der Waals surface area contributed by atoms with Crippen LogP contribution in [0.25, 0.3) is 0 Å². The van der Waals surface area contributed by atoms with Crippen LogP contribution < -0.4 is 11.5 Å². The molecule has 0 saturated carbocycles. The third kappa shape index (κ3) is 5.99. The van der Waals surface area contributed by atoms with E-state index >= 15 is 0 Å². The lowest BCUT2D eigenvalue weighted by atomic mass is 10.2. The summed E-state index contributed by atoms with van der Waals surface area (Å²) >= 11 is 7.40. The summed E-state index contributed by atoms with van der Waals surface area (Å²) in [6, 6.07) is 0. The highest BCUT2D eigenvalue weighted by molar-refractivity contribution is 8.02. The number of hydrogen-bond donors (Lipinski definition) is 2. The minimum atomic E-state index is 0.192. The predicted octanol–water partition coefficient (Wildman–Crippen LogP) is 2.36. The van der Waals surface area contributed by atoms with Crippen molar-refractivity contribution < 1.29 is 0 Å². The second kappa shape index (κ2) is 8.66. The van der Waals surface area contributed by atoms with Gasteiger partial charge in [-0.25, -0.2) is 9.98 Å². The topological polar surface area (TPSA) is 76.8 Å². The highest BCUT2D eigenvalue weighted by Crippen LogP contribution is 2.19. The van der Waals surface area contributed by atoms with E-state index in [2.05, 4.69) is 23.1 Å². The Kier molecular flexibility index (Phi) is 7.92. The maximum atomic E-state index is 5.92. The van der Waals surface area contributed by atoms with Gasteiger partial charge in [-0.2, -0.15) is 0 Å². The smallest absolute Gasteiger partial charge is 0.137 e. The number of halogens is 1. The highest BCUT2D eigenvalue weighted by Gasteiger charge is 2.06. The molecule has 0 amide bonds. The number of thioether (sulfide) groups is 1. The Bertz CT molecular complexity index is 408. The van der Waals surface area contributed by atoms with Gasteiger partial charge in [0.1, 0.15) is 5.17 Å². The molecule has 0 aliphatic rings. The summed E-state index contributed by atoms with van der Waals surface area (Å²) in [6.07, 6.45) is 7.42. The Balaban J connectivity index is 5.15. The first kappa shape index (κ1) is 15.5. The van der Waals surface area contributed by atoms with Crippen LogP contribution in [-0.2, 0) is 0 Å². The largest absolute Gasteiger partial charge is 0.403 e. The third-order valence-electron chi connectivity index (χ3n) is 1.61. The number of allylic oxidation sites excluding steroid dienone is 2. The van der Waals surface area contributed by atoms with Crippen molar-refractivity contribution in [3.63, 3.8) is 0 Å². The van der Waals surface area contributed by atoms with E-state index in [1.54, 1.807) is 6.08 Å². The molecule has 0 aromatic heterocycles. The van der Waals surface area contributed by atoms with Crippen LogP contribution in [0, 0.1) is 0 Å². The van der Waals surface area contributed by atoms with Crippen molar-refractivity contribution in [3.05, 3.63) is 47.8 Å². The quantitative estimate of drug-likeness (QED) is 0.442. The molecule has 0 rings (SSSR count). The molecular formula is C11H15ClN4S. The zero-order chi connectivity index (χ0) is 13.3. The lowest BCUT2D eigenvalue weighted by molar-refractivity contribution is 1.37. The van der Waals surface area contributed by atoms with E-state index < -0.39 is 0 Å². The molecule has 0 aromatic rings. The molecule has 0 saturated heterocycles. The van der Waals surface area contributed by atoms with Crippen LogP contribution in [0.3, 0.4) is 0 Å². The molecule has 0 radical (unpaired) electrons. The molecule has 0 fully saturated rings.